The molecular weight excluding hydrogens is 392 g/mol. The van der Waals surface area contributed by atoms with Crippen molar-refractivity contribution >= 4 is 28.5 Å². The van der Waals surface area contributed by atoms with Crippen LogP contribution < -0.4 is 15.0 Å². The highest BCUT2D eigenvalue weighted by Crippen LogP contribution is 2.32. The van der Waals surface area contributed by atoms with Crippen molar-refractivity contribution in [1.29, 1.82) is 0 Å². The lowest BCUT2D eigenvalue weighted by Gasteiger charge is -2.29. The molecule has 1 aromatic heterocycles. The van der Waals surface area contributed by atoms with Gasteiger partial charge in [-0.15, -0.1) is 0 Å². The van der Waals surface area contributed by atoms with E-state index in [0.717, 1.165) is 16.5 Å². The van der Waals surface area contributed by atoms with Gasteiger partial charge in [-0.25, -0.2) is 0 Å². The van der Waals surface area contributed by atoms with E-state index in [2.05, 4.69) is 5.32 Å². The molecule has 0 radical (unpaired) electrons. The van der Waals surface area contributed by atoms with Crippen molar-refractivity contribution in [2.24, 2.45) is 0 Å². The molecule has 6 heteroatoms. The molecule has 1 atom stereocenters. The predicted molar refractivity (Wildman–Crippen MR) is 117 cm³/mol. The molecule has 154 valence electrons. The molecule has 0 fully saturated rings. The van der Waals surface area contributed by atoms with E-state index in [1.165, 1.54) is 4.90 Å². The smallest absolute Gasteiger partial charge is 0.265 e. The number of nitrogens with one attached hydrogen (secondary N) is 1. The minimum Gasteiger partial charge on any atom is -0.482 e. The lowest BCUT2D eigenvalue weighted by atomic mass is 10.0. The van der Waals surface area contributed by atoms with E-state index in [1.54, 1.807) is 12.1 Å². The van der Waals surface area contributed by atoms with Crippen molar-refractivity contribution < 1.29 is 18.7 Å². The Labute approximate surface area is 179 Å². The van der Waals surface area contributed by atoms with E-state index >= 15 is 0 Å². The number of amides is 2. The van der Waals surface area contributed by atoms with Gasteiger partial charge >= 0.3 is 0 Å². The Balaban J connectivity index is 1.43. The van der Waals surface area contributed by atoms with Gasteiger partial charge in [0, 0.05) is 5.39 Å². The average molecular weight is 412 g/mol. The molecule has 4 aromatic rings. The van der Waals surface area contributed by atoms with E-state index < -0.39 is 6.04 Å². The molecule has 2 heterocycles. The van der Waals surface area contributed by atoms with Crippen LogP contribution in [0.1, 0.15) is 17.4 Å². The SMILES string of the molecule is O=C(CN1C(=O)COc2ccccc21)N[C@@H](c1ccccc1)c1cc2ccccc2o1. The molecule has 1 aliphatic rings. The highest BCUT2D eigenvalue weighted by molar-refractivity contribution is 6.02. The second kappa shape index (κ2) is 7.99. The Hall–Kier alpha value is -4.06. The first-order chi connectivity index (χ1) is 15.2. The number of carbonyl (C=O) groups excluding carboxylic acids is 2. The molecule has 0 aliphatic carbocycles. The summed E-state index contributed by atoms with van der Waals surface area (Å²) in [4.78, 5) is 26.9. The predicted octanol–water partition coefficient (Wildman–Crippen LogP) is 4.06. The second-order valence-electron chi connectivity index (χ2n) is 7.33. The lowest BCUT2D eigenvalue weighted by Crippen LogP contribution is -2.45. The van der Waals surface area contributed by atoms with Gasteiger partial charge in [0.1, 0.15) is 29.7 Å². The number of fused-ring (bicyclic) bond motifs is 2. The first kappa shape index (κ1) is 18.9. The molecule has 5 rings (SSSR count). The molecule has 0 unspecified atom stereocenters. The topological polar surface area (TPSA) is 71.8 Å². The molecule has 0 spiro atoms. The molecule has 31 heavy (non-hydrogen) atoms. The number of anilines is 1. The highest BCUT2D eigenvalue weighted by Gasteiger charge is 2.28. The van der Waals surface area contributed by atoms with Crippen molar-refractivity contribution in [3.8, 4) is 5.75 Å². The van der Waals surface area contributed by atoms with Gasteiger partial charge in [-0.05, 0) is 29.8 Å². The standard InChI is InChI=1S/C25H20N2O4/c28-23(15-27-19-11-5-7-13-21(19)30-16-24(27)29)26-25(17-8-2-1-3-9-17)22-14-18-10-4-6-12-20(18)31-22/h1-14,25H,15-16H2,(H,26,28)/t25-/m0/s1. The number of hydrogen-bond donors (Lipinski definition) is 1. The van der Waals surface area contributed by atoms with Gasteiger partial charge in [0.15, 0.2) is 6.61 Å². The van der Waals surface area contributed by atoms with Crippen molar-refractivity contribution in [3.63, 3.8) is 0 Å². The van der Waals surface area contributed by atoms with Crippen LogP contribution in [0, 0.1) is 0 Å². The molecule has 1 aliphatic heterocycles. The highest BCUT2D eigenvalue weighted by atomic mass is 16.5. The van der Waals surface area contributed by atoms with E-state index in [0.29, 0.717) is 17.2 Å². The number of carbonyl (C=O) groups is 2. The Bertz CT molecular complexity index is 1220. The summed E-state index contributed by atoms with van der Waals surface area (Å²) in [5.41, 5.74) is 2.24. The molecule has 1 N–H and O–H groups in total. The maximum absolute atomic E-state index is 13.1. The molecular formula is C25H20N2O4. The second-order valence-corrected chi connectivity index (χ2v) is 7.33. The van der Waals surface area contributed by atoms with Gasteiger partial charge in [-0.1, -0.05) is 60.7 Å². The number of rotatable bonds is 5. The zero-order chi connectivity index (χ0) is 21.2. The fourth-order valence-corrected chi connectivity index (χ4v) is 3.79. The summed E-state index contributed by atoms with van der Waals surface area (Å²) in [5, 5.41) is 4.00. The fourth-order valence-electron chi connectivity index (χ4n) is 3.79. The zero-order valence-corrected chi connectivity index (χ0v) is 16.7. The Morgan fingerprint density at radius 3 is 2.55 bits per heavy atom. The van der Waals surface area contributed by atoms with Crippen molar-refractivity contribution in [2.45, 2.75) is 6.04 Å². The van der Waals surface area contributed by atoms with Crippen LogP contribution >= 0.6 is 0 Å². The van der Waals surface area contributed by atoms with Gasteiger partial charge in [0.05, 0.1) is 5.69 Å². The monoisotopic (exact) mass is 412 g/mol. The third-order valence-corrected chi connectivity index (χ3v) is 5.28. The van der Waals surface area contributed by atoms with Crippen LogP contribution in [0.15, 0.2) is 89.3 Å². The number of benzene rings is 3. The molecule has 0 saturated carbocycles. The lowest BCUT2D eigenvalue weighted by molar-refractivity contribution is -0.125. The maximum Gasteiger partial charge on any atom is 0.265 e. The van der Waals surface area contributed by atoms with Gasteiger partial charge in [-0.3, -0.25) is 14.5 Å². The maximum atomic E-state index is 13.1. The normalized spacial score (nSPS) is 14.1. The van der Waals surface area contributed by atoms with Crippen LogP contribution in [0.3, 0.4) is 0 Å². The van der Waals surface area contributed by atoms with Crippen molar-refractivity contribution in [1.82, 2.24) is 5.32 Å². The zero-order valence-electron chi connectivity index (χ0n) is 16.7. The van der Waals surface area contributed by atoms with E-state index in [1.807, 2.05) is 72.8 Å². The summed E-state index contributed by atoms with van der Waals surface area (Å²) in [5.74, 6) is 0.675. The summed E-state index contributed by atoms with van der Waals surface area (Å²) >= 11 is 0. The number of nitrogens with zero attached hydrogens (tertiary/aromatic N) is 1. The van der Waals surface area contributed by atoms with E-state index in [4.69, 9.17) is 9.15 Å². The summed E-state index contributed by atoms with van der Waals surface area (Å²) in [6.45, 7) is -0.196. The Morgan fingerprint density at radius 2 is 1.71 bits per heavy atom. The quantitative estimate of drug-likeness (QED) is 0.537. The molecule has 3 aromatic carbocycles. The Kier molecular flexibility index (Phi) is 4.88. The molecule has 0 bridgehead atoms. The third kappa shape index (κ3) is 3.75. The van der Waals surface area contributed by atoms with Gasteiger partial charge in [-0.2, -0.15) is 0 Å². The average Bonchev–Trinajstić information content (AvgIpc) is 3.24. The first-order valence-corrected chi connectivity index (χ1v) is 10.0. The minimum atomic E-state index is -0.479. The van der Waals surface area contributed by atoms with Gasteiger partial charge < -0.3 is 14.5 Å². The Morgan fingerprint density at radius 1 is 0.968 bits per heavy atom. The first-order valence-electron chi connectivity index (χ1n) is 10.0. The van der Waals surface area contributed by atoms with Crippen molar-refractivity contribution in [2.75, 3.05) is 18.1 Å². The van der Waals surface area contributed by atoms with E-state index in [9.17, 15) is 9.59 Å². The summed E-state index contributed by atoms with van der Waals surface area (Å²) in [6.07, 6.45) is 0. The molecule has 2 amide bonds. The number of ether oxygens (including phenoxy) is 1. The van der Waals surface area contributed by atoms with Crippen LogP contribution in [0.25, 0.3) is 11.0 Å². The minimum absolute atomic E-state index is 0.0873. The summed E-state index contributed by atoms with van der Waals surface area (Å²) < 4.78 is 11.5. The fraction of sp³-hybridized carbons (Fsp3) is 0.120. The third-order valence-electron chi connectivity index (χ3n) is 5.28. The van der Waals surface area contributed by atoms with Crippen LogP contribution in [-0.4, -0.2) is 25.0 Å². The number of para-hydroxylation sites is 3. The van der Waals surface area contributed by atoms with Gasteiger partial charge in [0.25, 0.3) is 5.91 Å². The number of furan rings is 1. The molecule has 6 nitrogen and oxygen atoms in total. The summed E-state index contributed by atoms with van der Waals surface area (Å²) in [6, 6.07) is 26.0. The van der Waals surface area contributed by atoms with Crippen LogP contribution in [0.4, 0.5) is 5.69 Å². The van der Waals surface area contributed by atoms with E-state index in [-0.39, 0.29) is 25.0 Å². The van der Waals surface area contributed by atoms with Crippen molar-refractivity contribution in [3.05, 3.63) is 96.3 Å². The van der Waals surface area contributed by atoms with Crippen LogP contribution in [-0.2, 0) is 9.59 Å². The molecule has 0 saturated heterocycles. The van der Waals surface area contributed by atoms with Gasteiger partial charge in [0.2, 0.25) is 5.91 Å². The number of hydrogen-bond acceptors (Lipinski definition) is 4. The van der Waals surface area contributed by atoms with Crippen LogP contribution in [0.5, 0.6) is 5.75 Å². The largest absolute Gasteiger partial charge is 0.482 e. The van der Waals surface area contributed by atoms with Crippen LogP contribution in [0.2, 0.25) is 0 Å². The summed E-state index contributed by atoms with van der Waals surface area (Å²) in [7, 11) is 0.